The second kappa shape index (κ2) is 58.9. The van der Waals surface area contributed by atoms with Crippen molar-refractivity contribution >= 4 is 17.9 Å². The van der Waals surface area contributed by atoms with E-state index >= 15 is 0 Å². The van der Waals surface area contributed by atoms with Crippen molar-refractivity contribution in [3.63, 3.8) is 0 Å². The fourth-order valence-corrected chi connectivity index (χ4v) is 8.12. The monoisotopic (exact) mass is 987 g/mol. The van der Waals surface area contributed by atoms with Gasteiger partial charge in [-0.05, 0) is 103 Å². The molecule has 0 aliphatic heterocycles. The van der Waals surface area contributed by atoms with Crippen LogP contribution in [0.15, 0.2) is 97.2 Å². The van der Waals surface area contributed by atoms with Crippen molar-refractivity contribution in [2.45, 2.75) is 284 Å². The summed E-state index contributed by atoms with van der Waals surface area (Å²) in [7, 11) is 0. The molecule has 1 atom stereocenters. The van der Waals surface area contributed by atoms with Crippen LogP contribution in [-0.4, -0.2) is 37.2 Å². The molecule has 406 valence electrons. The first-order valence-electron chi connectivity index (χ1n) is 29.7. The highest BCUT2D eigenvalue weighted by Crippen LogP contribution is 2.15. The van der Waals surface area contributed by atoms with Crippen LogP contribution in [0.2, 0.25) is 0 Å². The third-order valence-electron chi connectivity index (χ3n) is 12.6. The van der Waals surface area contributed by atoms with Crippen LogP contribution >= 0.6 is 0 Å². The summed E-state index contributed by atoms with van der Waals surface area (Å²) in [5.41, 5.74) is 0. The molecule has 0 heterocycles. The van der Waals surface area contributed by atoms with Gasteiger partial charge < -0.3 is 14.2 Å². The number of unbranched alkanes of at least 4 members (excludes halogenated alkanes) is 26. The quantitative estimate of drug-likeness (QED) is 0.0261. The molecule has 0 saturated heterocycles. The number of carbonyl (C=O) groups excluding carboxylic acids is 3. The molecule has 0 N–H and O–H groups in total. The van der Waals surface area contributed by atoms with Gasteiger partial charge in [0.05, 0.1) is 0 Å². The van der Waals surface area contributed by atoms with Gasteiger partial charge in [0.25, 0.3) is 0 Å². The summed E-state index contributed by atoms with van der Waals surface area (Å²) in [4.78, 5) is 38.0. The Morgan fingerprint density at radius 3 is 0.887 bits per heavy atom. The van der Waals surface area contributed by atoms with Crippen LogP contribution in [0.4, 0.5) is 0 Å². The number of hydrogen-bond donors (Lipinski definition) is 0. The van der Waals surface area contributed by atoms with Crippen molar-refractivity contribution in [1.29, 1.82) is 0 Å². The summed E-state index contributed by atoms with van der Waals surface area (Å²) < 4.78 is 16.8. The molecule has 0 bridgehead atoms. The zero-order valence-corrected chi connectivity index (χ0v) is 46.5. The summed E-state index contributed by atoms with van der Waals surface area (Å²) in [5, 5.41) is 0. The minimum absolute atomic E-state index is 0.0808. The third-order valence-corrected chi connectivity index (χ3v) is 12.6. The lowest BCUT2D eigenvalue weighted by Crippen LogP contribution is -2.30. The van der Waals surface area contributed by atoms with Crippen molar-refractivity contribution in [2.24, 2.45) is 0 Å². The Kier molecular flexibility index (Phi) is 55.9. The molecule has 0 rings (SSSR count). The summed E-state index contributed by atoms with van der Waals surface area (Å²) in [6.45, 7) is 6.46. The summed E-state index contributed by atoms with van der Waals surface area (Å²) in [6.07, 6.45) is 78.5. The van der Waals surface area contributed by atoms with Gasteiger partial charge in [0.2, 0.25) is 0 Å². The molecule has 0 aliphatic rings. The van der Waals surface area contributed by atoms with Gasteiger partial charge in [-0.2, -0.15) is 0 Å². The Morgan fingerprint density at radius 2 is 0.549 bits per heavy atom. The van der Waals surface area contributed by atoms with E-state index in [-0.39, 0.29) is 31.1 Å². The molecule has 0 amide bonds. The van der Waals surface area contributed by atoms with E-state index in [1.54, 1.807) is 0 Å². The highest BCUT2D eigenvalue weighted by Gasteiger charge is 2.19. The molecule has 6 heteroatoms. The lowest BCUT2D eigenvalue weighted by Gasteiger charge is -2.18. The van der Waals surface area contributed by atoms with Gasteiger partial charge in [-0.3, -0.25) is 14.4 Å². The predicted octanol–water partition coefficient (Wildman–Crippen LogP) is 20.1. The minimum atomic E-state index is -0.781. The van der Waals surface area contributed by atoms with Crippen LogP contribution in [0, 0.1) is 0 Å². The van der Waals surface area contributed by atoms with Gasteiger partial charge in [0.1, 0.15) is 13.2 Å². The number of carbonyl (C=O) groups is 3. The Morgan fingerprint density at radius 1 is 0.296 bits per heavy atom. The fraction of sp³-hybridized carbons (Fsp3) is 0.708. The van der Waals surface area contributed by atoms with Crippen LogP contribution in [0.5, 0.6) is 0 Å². The number of esters is 3. The molecule has 0 fully saturated rings. The first-order valence-corrected chi connectivity index (χ1v) is 29.7. The number of ether oxygens (including phenoxy) is 3. The van der Waals surface area contributed by atoms with Crippen molar-refractivity contribution in [1.82, 2.24) is 0 Å². The van der Waals surface area contributed by atoms with Crippen LogP contribution in [-0.2, 0) is 28.6 Å². The maximum atomic E-state index is 12.8. The van der Waals surface area contributed by atoms with Crippen molar-refractivity contribution in [3.8, 4) is 0 Å². The average Bonchev–Trinajstić information content (AvgIpc) is 3.37. The van der Waals surface area contributed by atoms with E-state index < -0.39 is 6.10 Å². The highest BCUT2D eigenvalue weighted by atomic mass is 16.6. The predicted molar refractivity (Wildman–Crippen MR) is 307 cm³/mol. The maximum absolute atomic E-state index is 12.8. The standard InChI is InChI=1S/C65H110O6/c1-4-7-10-13-16-18-20-22-24-26-28-29-30-31-32-33-34-35-37-38-40-42-44-46-49-52-55-58-64(67)70-61-62(60-69-63(66)57-54-51-48-15-12-9-6-3)71-65(68)59-56-53-50-47-45-43-41-39-36-27-25-23-21-19-17-14-11-8-5-2/h7,10,16-19,22-25,28-29,31-32,34-35,62H,4-6,8-9,11-15,20-21,26-27,30,33,36-61H2,1-3H3/b10-7-,18-16-,19-17-,24-22-,25-23-,29-28-,32-31-,35-34-. The number of hydrogen-bond acceptors (Lipinski definition) is 6. The lowest BCUT2D eigenvalue weighted by atomic mass is 10.1. The van der Waals surface area contributed by atoms with Gasteiger partial charge in [-0.1, -0.05) is 253 Å². The second-order valence-electron chi connectivity index (χ2n) is 19.5. The molecule has 71 heavy (non-hydrogen) atoms. The number of allylic oxidation sites excluding steroid dienone is 16. The van der Waals surface area contributed by atoms with Gasteiger partial charge in [-0.25, -0.2) is 0 Å². The molecular weight excluding hydrogens is 877 g/mol. The van der Waals surface area contributed by atoms with Crippen molar-refractivity contribution < 1.29 is 28.6 Å². The molecule has 0 aromatic heterocycles. The Labute approximate surface area is 438 Å². The molecule has 1 unspecified atom stereocenters. The van der Waals surface area contributed by atoms with E-state index in [4.69, 9.17) is 14.2 Å². The average molecular weight is 988 g/mol. The Balaban J connectivity index is 4.20. The first-order chi connectivity index (χ1) is 35.0. The topological polar surface area (TPSA) is 78.9 Å². The molecule has 0 aromatic carbocycles. The molecular formula is C65H110O6. The van der Waals surface area contributed by atoms with Crippen molar-refractivity contribution in [3.05, 3.63) is 97.2 Å². The summed E-state index contributed by atoms with van der Waals surface area (Å²) in [5.74, 6) is -0.896. The third kappa shape index (κ3) is 57.1. The van der Waals surface area contributed by atoms with E-state index in [1.165, 1.54) is 128 Å². The normalized spacial score (nSPS) is 12.8. The zero-order chi connectivity index (χ0) is 51.4. The summed E-state index contributed by atoms with van der Waals surface area (Å²) >= 11 is 0. The molecule has 0 aliphatic carbocycles. The molecule has 0 spiro atoms. The minimum Gasteiger partial charge on any atom is -0.462 e. The number of rotatable bonds is 53. The highest BCUT2D eigenvalue weighted by molar-refractivity contribution is 5.71. The fourth-order valence-electron chi connectivity index (χ4n) is 8.12. The van der Waals surface area contributed by atoms with Crippen LogP contribution in [0.1, 0.15) is 278 Å². The van der Waals surface area contributed by atoms with E-state index in [0.29, 0.717) is 19.3 Å². The van der Waals surface area contributed by atoms with Crippen LogP contribution in [0.3, 0.4) is 0 Å². The second-order valence-corrected chi connectivity index (χ2v) is 19.5. The Hall–Kier alpha value is -3.67. The van der Waals surface area contributed by atoms with Gasteiger partial charge >= 0.3 is 17.9 Å². The molecule has 6 nitrogen and oxygen atoms in total. The lowest BCUT2D eigenvalue weighted by molar-refractivity contribution is -0.167. The smallest absolute Gasteiger partial charge is 0.306 e. The van der Waals surface area contributed by atoms with E-state index in [0.717, 1.165) is 109 Å². The van der Waals surface area contributed by atoms with E-state index in [2.05, 4.69) is 118 Å². The SMILES string of the molecule is CC/C=C\C/C=C\C/C=C\C/C=C\C/C=C\C/C=C\CCCCCCCCCCC(=O)OCC(COC(=O)CCCCCCCCC)OC(=O)CCCCCCCCCCC/C=C\C/C=C\CCCCC. The van der Waals surface area contributed by atoms with E-state index in [1.807, 2.05) is 0 Å². The largest absolute Gasteiger partial charge is 0.462 e. The van der Waals surface area contributed by atoms with Gasteiger partial charge in [0.15, 0.2) is 6.10 Å². The molecule has 0 radical (unpaired) electrons. The van der Waals surface area contributed by atoms with Crippen LogP contribution < -0.4 is 0 Å². The van der Waals surface area contributed by atoms with Crippen LogP contribution in [0.25, 0.3) is 0 Å². The molecule has 0 aromatic rings. The first kappa shape index (κ1) is 67.3. The zero-order valence-electron chi connectivity index (χ0n) is 46.5. The van der Waals surface area contributed by atoms with Gasteiger partial charge in [-0.15, -0.1) is 0 Å². The molecule has 0 saturated carbocycles. The van der Waals surface area contributed by atoms with Crippen molar-refractivity contribution in [2.75, 3.05) is 13.2 Å². The van der Waals surface area contributed by atoms with E-state index in [9.17, 15) is 14.4 Å². The van der Waals surface area contributed by atoms with Gasteiger partial charge in [0, 0.05) is 19.3 Å². The maximum Gasteiger partial charge on any atom is 0.306 e. The summed E-state index contributed by atoms with van der Waals surface area (Å²) in [6, 6.07) is 0. The Bertz CT molecular complexity index is 1410.